The molecule has 0 saturated heterocycles. The van der Waals surface area contributed by atoms with E-state index in [1.54, 1.807) is 24.3 Å². The molecule has 0 radical (unpaired) electrons. The standard InChI is InChI=1S/C25H17F4N5O3S/c26-17-8-6-15(7-9-17)12-30-23(35)19-13-37-21(31-19)14-38-24-33-32-22(20-5-2-10-36-20)34(24)18-4-1-3-16(11-18)25(27,28)29/h1-11,13H,12,14H2,(H,30,35). The number of alkyl halides is 3. The van der Waals surface area contributed by atoms with Gasteiger partial charge < -0.3 is 14.2 Å². The molecule has 0 atom stereocenters. The molecule has 5 rings (SSSR count). The maximum atomic E-state index is 13.4. The van der Waals surface area contributed by atoms with Crippen LogP contribution in [-0.4, -0.2) is 25.7 Å². The van der Waals surface area contributed by atoms with Crippen molar-refractivity contribution in [3.8, 4) is 17.3 Å². The zero-order valence-electron chi connectivity index (χ0n) is 19.3. The number of nitrogens with one attached hydrogen (secondary N) is 1. The van der Waals surface area contributed by atoms with Gasteiger partial charge in [0, 0.05) is 6.54 Å². The van der Waals surface area contributed by atoms with Crippen LogP contribution in [0, 0.1) is 5.82 Å². The third kappa shape index (κ3) is 5.62. The lowest BCUT2D eigenvalue weighted by atomic mass is 10.2. The van der Waals surface area contributed by atoms with Crippen LogP contribution < -0.4 is 5.32 Å². The summed E-state index contributed by atoms with van der Waals surface area (Å²) >= 11 is 1.11. The van der Waals surface area contributed by atoms with E-state index in [0.29, 0.717) is 11.3 Å². The molecule has 0 saturated carbocycles. The fraction of sp³-hybridized carbons (Fsp3) is 0.120. The molecule has 0 aliphatic heterocycles. The van der Waals surface area contributed by atoms with E-state index in [0.717, 1.165) is 23.9 Å². The molecule has 194 valence electrons. The van der Waals surface area contributed by atoms with Gasteiger partial charge in [-0.05, 0) is 48.0 Å². The van der Waals surface area contributed by atoms with Crippen molar-refractivity contribution in [1.82, 2.24) is 25.1 Å². The molecule has 0 aliphatic rings. The number of amides is 1. The van der Waals surface area contributed by atoms with Gasteiger partial charge in [-0.15, -0.1) is 10.2 Å². The second-order valence-corrected chi connectivity index (χ2v) is 8.83. The molecule has 1 N–H and O–H groups in total. The van der Waals surface area contributed by atoms with E-state index < -0.39 is 17.6 Å². The highest BCUT2D eigenvalue weighted by Crippen LogP contribution is 2.34. The van der Waals surface area contributed by atoms with Crippen LogP contribution in [0.2, 0.25) is 0 Å². The van der Waals surface area contributed by atoms with Crippen LogP contribution in [0.4, 0.5) is 17.6 Å². The van der Waals surface area contributed by atoms with Gasteiger partial charge in [-0.25, -0.2) is 9.37 Å². The third-order valence-electron chi connectivity index (χ3n) is 5.28. The molecular formula is C25H17F4N5O3S. The van der Waals surface area contributed by atoms with Crippen molar-refractivity contribution in [3.05, 3.63) is 102 Å². The van der Waals surface area contributed by atoms with Crippen LogP contribution in [-0.2, 0) is 18.5 Å². The van der Waals surface area contributed by atoms with Gasteiger partial charge in [-0.3, -0.25) is 9.36 Å². The van der Waals surface area contributed by atoms with Crippen molar-refractivity contribution in [1.29, 1.82) is 0 Å². The summed E-state index contributed by atoms with van der Waals surface area (Å²) in [7, 11) is 0. The first-order valence-corrected chi connectivity index (χ1v) is 12.0. The summed E-state index contributed by atoms with van der Waals surface area (Å²) in [4.78, 5) is 16.6. The van der Waals surface area contributed by atoms with Gasteiger partial charge in [0.2, 0.25) is 11.7 Å². The van der Waals surface area contributed by atoms with Crippen LogP contribution in [0.3, 0.4) is 0 Å². The number of nitrogens with zero attached hydrogens (tertiary/aromatic N) is 4. The third-order valence-corrected chi connectivity index (χ3v) is 6.20. The normalized spacial score (nSPS) is 11.6. The number of carbonyl (C=O) groups is 1. The predicted octanol–water partition coefficient (Wildman–Crippen LogP) is 5.90. The van der Waals surface area contributed by atoms with E-state index in [2.05, 4.69) is 20.5 Å². The lowest BCUT2D eigenvalue weighted by Crippen LogP contribution is -2.23. The second kappa shape index (κ2) is 10.5. The zero-order valence-corrected chi connectivity index (χ0v) is 20.1. The number of carbonyl (C=O) groups excluding carboxylic acids is 1. The molecule has 0 aliphatic carbocycles. The fourth-order valence-electron chi connectivity index (χ4n) is 3.47. The predicted molar refractivity (Wildman–Crippen MR) is 128 cm³/mol. The molecule has 8 nitrogen and oxygen atoms in total. The van der Waals surface area contributed by atoms with Crippen molar-refractivity contribution in [2.24, 2.45) is 0 Å². The average Bonchev–Trinajstić information content (AvgIpc) is 3.67. The number of benzene rings is 2. The molecule has 1 amide bonds. The maximum Gasteiger partial charge on any atom is 0.416 e. The van der Waals surface area contributed by atoms with Gasteiger partial charge in [0.1, 0.15) is 12.1 Å². The quantitative estimate of drug-likeness (QED) is 0.192. The number of rotatable bonds is 8. The molecule has 5 aromatic rings. The summed E-state index contributed by atoms with van der Waals surface area (Å²) in [5, 5.41) is 11.2. The van der Waals surface area contributed by atoms with Crippen LogP contribution in [0.5, 0.6) is 0 Å². The monoisotopic (exact) mass is 543 g/mol. The number of hydrogen-bond donors (Lipinski definition) is 1. The lowest BCUT2D eigenvalue weighted by Gasteiger charge is -2.12. The van der Waals surface area contributed by atoms with Crippen molar-refractivity contribution in [3.63, 3.8) is 0 Å². The Labute approximate surface area is 216 Å². The van der Waals surface area contributed by atoms with E-state index >= 15 is 0 Å². The van der Waals surface area contributed by atoms with E-state index in [4.69, 9.17) is 8.83 Å². The Bertz CT molecular complexity index is 1550. The Balaban J connectivity index is 1.33. The number of oxazole rings is 1. The first-order valence-electron chi connectivity index (χ1n) is 11.0. The number of furan rings is 1. The number of aromatic nitrogens is 4. The summed E-state index contributed by atoms with van der Waals surface area (Å²) in [6.07, 6.45) is -1.92. The van der Waals surface area contributed by atoms with Crippen molar-refractivity contribution >= 4 is 17.7 Å². The van der Waals surface area contributed by atoms with Crippen LogP contribution in [0.25, 0.3) is 17.3 Å². The summed E-state index contributed by atoms with van der Waals surface area (Å²) in [6, 6.07) is 13.7. The molecule has 3 aromatic heterocycles. The minimum atomic E-state index is -4.53. The van der Waals surface area contributed by atoms with E-state index in [-0.39, 0.29) is 46.4 Å². The summed E-state index contributed by atoms with van der Waals surface area (Å²) in [6.45, 7) is 0.172. The van der Waals surface area contributed by atoms with Gasteiger partial charge in [-0.1, -0.05) is 30.0 Å². The molecule has 38 heavy (non-hydrogen) atoms. The smallest absolute Gasteiger partial charge is 0.416 e. The van der Waals surface area contributed by atoms with Crippen LogP contribution >= 0.6 is 11.8 Å². The Kier molecular flexibility index (Phi) is 7.01. The molecule has 0 bridgehead atoms. The van der Waals surface area contributed by atoms with Gasteiger partial charge in [0.15, 0.2) is 16.6 Å². The van der Waals surface area contributed by atoms with Gasteiger partial charge >= 0.3 is 6.18 Å². The van der Waals surface area contributed by atoms with Crippen LogP contribution in [0.1, 0.15) is 27.5 Å². The molecular weight excluding hydrogens is 526 g/mol. The highest BCUT2D eigenvalue weighted by Gasteiger charge is 2.31. The fourth-order valence-corrected chi connectivity index (χ4v) is 4.27. The highest BCUT2D eigenvalue weighted by atomic mass is 32.2. The van der Waals surface area contributed by atoms with Crippen LogP contribution in [0.15, 0.2) is 87.2 Å². The van der Waals surface area contributed by atoms with Crippen molar-refractivity contribution < 1.29 is 31.2 Å². The van der Waals surface area contributed by atoms with E-state index in [1.165, 1.54) is 41.4 Å². The molecule has 0 spiro atoms. The second-order valence-electron chi connectivity index (χ2n) is 7.89. The number of thioether (sulfide) groups is 1. The molecule has 0 fully saturated rings. The molecule has 13 heteroatoms. The first kappa shape index (κ1) is 25.3. The van der Waals surface area contributed by atoms with E-state index in [1.807, 2.05) is 0 Å². The van der Waals surface area contributed by atoms with Gasteiger partial charge in [0.25, 0.3) is 5.91 Å². The first-order chi connectivity index (χ1) is 18.3. The number of halogens is 4. The Morgan fingerprint density at radius 3 is 2.58 bits per heavy atom. The summed E-state index contributed by atoms with van der Waals surface area (Å²) in [5.74, 6) is -0.0239. The maximum absolute atomic E-state index is 13.4. The topological polar surface area (TPSA) is 99.0 Å². The summed E-state index contributed by atoms with van der Waals surface area (Å²) < 4.78 is 65.3. The minimum absolute atomic E-state index is 0.0401. The molecule has 2 aromatic carbocycles. The van der Waals surface area contributed by atoms with Gasteiger partial charge in [-0.2, -0.15) is 13.2 Å². The molecule has 0 unspecified atom stereocenters. The average molecular weight is 544 g/mol. The van der Waals surface area contributed by atoms with Gasteiger partial charge in [0.05, 0.1) is 23.3 Å². The summed E-state index contributed by atoms with van der Waals surface area (Å²) in [5.41, 5.74) is 0.111. The Morgan fingerprint density at radius 1 is 1.03 bits per heavy atom. The number of hydrogen-bond acceptors (Lipinski definition) is 7. The lowest BCUT2D eigenvalue weighted by molar-refractivity contribution is -0.137. The molecule has 3 heterocycles. The van der Waals surface area contributed by atoms with E-state index in [9.17, 15) is 22.4 Å². The minimum Gasteiger partial charge on any atom is -0.461 e. The Hall–Kier alpha value is -4.39. The largest absolute Gasteiger partial charge is 0.461 e. The Morgan fingerprint density at radius 2 is 1.84 bits per heavy atom. The zero-order chi connectivity index (χ0) is 26.7. The highest BCUT2D eigenvalue weighted by molar-refractivity contribution is 7.98. The van der Waals surface area contributed by atoms with Crippen molar-refractivity contribution in [2.75, 3.05) is 0 Å². The van der Waals surface area contributed by atoms with Crippen molar-refractivity contribution in [2.45, 2.75) is 23.6 Å². The SMILES string of the molecule is O=C(NCc1ccc(F)cc1)c1coc(CSc2nnc(-c3ccco3)n2-c2cccc(C(F)(F)F)c2)n1.